The van der Waals surface area contributed by atoms with E-state index < -0.39 is 6.04 Å². The molecule has 7 heteroatoms. The number of hydrogen-bond acceptors (Lipinski definition) is 6. The molecule has 2 heterocycles. The highest BCUT2D eigenvalue weighted by atomic mass is 16.5. The molecule has 1 atom stereocenters. The van der Waals surface area contributed by atoms with Gasteiger partial charge < -0.3 is 23.5 Å². The topological polar surface area (TPSA) is 78.2 Å². The Bertz CT molecular complexity index is 1570. The van der Waals surface area contributed by atoms with E-state index in [2.05, 4.69) is 0 Å². The quantitative estimate of drug-likeness (QED) is 0.305. The molecular formula is C31H31NO6. The number of carbonyl (C=O) groups is 1. The van der Waals surface area contributed by atoms with E-state index >= 15 is 0 Å². The molecule has 0 saturated heterocycles. The molecule has 1 aliphatic heterocycles. The normalized spacial score (nSPS) is 14.6. The SMILES string of the molecule is CCOc1ccc(C2c3c(oc4cc(C)cc(C)c4c3=O)C(=O)N2CCc2ccc(OC)cc2)cc1OC. The van der Waals surface area contributed by atoms with Crippen molar-refractivity contribution in [1.29, 1.82) is 0 Å². The van der Waals surface area contributed by atoms with Gasteiger partial charge in [-0.2, -0.15) is 0 Å². The molecule has 38 heavy (non-hydrogen) atoms. The molecule has 0 spiro atoms. The van der Waals surface area contributed by atoms with Crippen molar-refractivity contribution in [2.75, 3.05) is 27.4 Å². The van der Waals surface area contributed by atoms with E-state index in [9.17, 15) is 9.59 Å². The van der Waals surface area contributed by atoms with Gasteiger partial charge in [0.05, 0.1) is 37.8 Å². The van der Waals surface area contributed by atoms with Crippen molar-refractivity contribution >= 4 is 16.9 Å². The summed E-state index contributed by atoms with van der Waals surface area (Å²) in [6, 6.07) is 16.4. The van der Waals surface area contributed by atoms with Gasteiger partial charge in [0, 0.05) is 6.54 Å². The second-order valence-electron chi connectivity index (χ2n) is 9.47. The Balaban J connectivity index is 1.64. The second kappa shape index (κ2) is 10.2. The molecule has 1 amide bonds. The zero-order valence-electron chi connectivity index (χ0n) is 22.3. The third-order valence-electron chi connectivity index (χ3n) is 7.02. The van der Waals surface area contributed by atoms with E-state index in [0.717, 1.165) is 28.0 Å². The lowest BCUT2D eigenvalue weighted by Crippen LogP contribution is -2.31. The average molecular weight is 514 g/mol. The molecule has 0 saturated carbocycles. The average Bonchev–Trinajstić information content (AvgIpc) is 3.19. The van der Waals surface area contributed by atoms with Crippen LogP contribution in [-0.4, -0.2) is 38.2 Å². The number of amides is 1. The van der Waals surface area contributed by atoms with Crippen LogP contribution < -0.4 is 19.6 Å². The first-order valence-electron chi connectivity index (χ1n) is 12.7. The van der Waals surface area contributed by atoms with Gasteiger partial charge in [-0.25, -0.2) is 0 Å². The lowest BCUT2D eigenvalue weighted by atomic mass is 9.96. The molecule has 0 aliphatic carbocycles. The molecule has 1 aromatic heterocycles. The summed E-state index contributed by atoms with van der Waals surface area (Å²) in [7, 11) is 3.20. The van der Waals surface area contributed by atoms with Crippen molar-refractivity contribution in [2.45, 2.75) is 33.2 Å². The van der Waals surface area contributed by atoms with Crippen molar-refractivity contribution in [2.24, 2.45) is 0 Å². The standard InChI is InChI=1S/C31H31NO6/c1-6-37-23-12-9-21(17-24(23)36-5)28-27-29(33)26-19(3)15-18(2)16-25(26)38-30(27)31(34)32(28)14-13-20-7-10-22(35-4)11-8-20/h7-12,15-17,28H,6,13-14H2,1-5H3. The maximum Gasteiger partial charge on any atom is 0.290 e. The van der Waals surface area contributed by atoms with E-state index in [1.165, 1.54) is 0 Å². The zero-order valence-corrected chi connectivity index (χ0v) is 22.3. The Kier molecular flexibility index (Phi) is 6.85. The fourth-order valence-corrected chi connectivity index (χ4v) is 5.26. The van der Waals surface area contributed by atoms with Gasteiger partial charge in [0.15, 0.2) is 16.9 Å². The van der Waals surface area contributed by atoms with Gasteiger partial charge in [-0.15, -0.1) is 0 Å². The predicted molar refractivity (Wildman–Crippen MR) is 146 cm³/mol. The highest BCUT2D eigenvalue weighted by Gasteiger charge is 2.43. The summed E-state index contributed by atoms with van der Waals surface area (Å²) < 4.78 is 22.7. The molecule has 0 radical (unpaired) electrons. The van der Waals surface area contributed by atoms with Gasteiger partial charge in [-0.05, 0) is 79.8 Å². The van der Waals surface area contributed by atoms with Gasteiger partial charge in [0.2, 0.25) is 5.76 Å². The smallest absolute Gasteiger partial charge is 0.290 e. The van der Waals surface area contributed by atoms with Crippen LogP contribution in [0, 0.1) is 13.8 Å². The maximum absolute atomic E-state index is 14.0. The first kappa shape index (κ1) is 25.4. The van der Waals surface area contributed by atoms with E-state index in [4.69, 9.17) is 18.6 Å². The summed E-state index contributed by atoms with van der Waals surface area (Å²) in [5, 5.41) is 0.502. The fraction of sp³-hybridized carbons (Fsp3) is 0.290. The van der Waals surface area contributed by atoms with Crippen LogP contribution in [-0.2, 0) is 6.42 Å². The van der Waals surface area contributed by atoms with Crippen molar-refractivity contribution in [3.63, 3.8) is 0 Å². The third kappa shape index (κ3) is 4.38. The van der Waals surface area contributed by atoms with Crippen LogP contribution >= 0.6 is 0 Å². The fourth-order valence-electron chi connectivity index (χ4n) is 5.26. The lowest BCUT2D eigenvalue weighted by Gasteiger charge is -2.26. The first-order chi connectivity index (χ1) is 18.4. The van der Waals surface area contributed by atoms with Crippen molar-refractivity contribution in [1.82, 2.24) is 4.90 Å². The van der Waals surface area contributed by atoms with E-state index in [-0.39, 0.29) is 17.1 Å². The number of methoxy groups -OCH3 is 2. The van der Waals surface area contributed by atoms with Crippen LogP contribution in [0.3, 0.4) is 0 Å². The predicted octanol–water partition coefficient (Wildman–Crippen LogP) is 5.61. The largest absolute Gasteiger partial charge is 0.497 e. The zero-order chi connectivity index (χ0) is 27.0. The summed E-state index contributed by atoms with van der Waals surface area (Å²) in [5.41, 5.74) is 4.19. The minimum atomic E-state index is -0.623. The van der Waals surface area contributed by atoms with E-state index in [1.54, 1.807) is 19.1 Å². The number of hydrogen-bond donors (Lipinski definition) is 0. The Labute approximate surface area is 221 Å². The van der Waals surface area contributed by atoms with Crippen LogP contribution in [0.4, 0.5) is 0 Å². The minimum Gasteiger partial charge on any atom is -0.497 e. The van der Waals surface area contributed by atoms with Gasteiger partial charge >= 0.3 is 0 Å². The van der Waals surface area contributed by atoms with Crippen LogP contribution in [0.15, 0.2) is 63.8 Å². The molecule has 196 valence electrons. The molecule has 0 fully saturated rings. The van der Waals surface area contributed by atoms with Crippen molar-refractivity contribution in [3.8, 4) is 17.2 Å². The Hall–Kier alpha value is -4.26. The Morgan fingerprint density at radius 3 is 2.37 bits per heavy atom. The summed E-state index contributed by atoms with van der Waals surface area (Å²) >= 11 is 0. The van der Waals surface area contributed by atoms with Crippen LogP contribution in [0.2, 0.25) is 0 Å². The lowest BCUT2D eigenvalue weighted by molar-refractivity contribution is 0.0730. The molecule has 5 rings (SSSR count). The van der Waals surface area contributed by atoms with Gasteiger partial charge in [0.25, 0.3) is 5.91 Å². The third-order valence-corrected chi connectivity index (χ3v) is 7.02. The summed E-state index contributed by atoms with van der Waals surface area (Å²) in [6.45, 7) is 6.62. The molecule has 0 bridgehead atoms. The monoisotopic (exact) mass is 513 g/mol. The number of nitrogens with zero attached hydrogens (tertiary/aromatic N) is 1. The maximum atomic E-state index is 14.0. The highest BCUT2D eigenvalue weighted by molar-refractivity contribution is 5.99. The van der Waals surface area contributed by atoms with Crippen LogP contribution in [0.1, 0.15) is 51.3 Å². The van der Waals surface area contributed by atoms with Crippen molar-refractivity contribution in [3.05, 3.63) is 98.4 Å². The highest BCUT2D eigenvalue weighted by Crippen LogP contribution is 2.41. The van der Waals surface area contributed by atoms with Gasteiger partial charge in [0.1, 0.15) is 11.3 Å². The Morgan fingerprint density at radius 1 is 0.921 bits per heavy atom. The summed E-state index contributed by atoms with van der Waals surface area (Å²) in [5.74, 6) is 1.71. The number of ether oxygens (including phenoxy) is 3. The summed E-state index contributed by atoms with van der Waals surface area (Å²) in [6.07, 6.45) is 0.597. The van der Waals surface area contributed by atoms with Gasteiger partial charge in [-0.1, -0.05) is 24.3 Å². The number of carbonyl (C=O) groups excluding carboxylic acids is 1. The van der Waals surface area contributed by atoms with Gasteiger partial charge in [-0.3, -0.25) is 9.59 Å². The Morgan fingerprint density at radius 2 is 1.68 bits per heavy atom. The molecule has 0 N–H and O–H groups in total. The number of fused-ring (bicyclic) bond motifs is 2. The molecule has 1 aliphatic rings. The number of rotatable bonds is 8. The molecular weight excluding hydrogens is 482 g/mol. The number of aryl methyl sites for hydroxylation is 2. The molecule has 3 aromatic carbocycles. The first-order valence-corrected chi connectivity index (χ1v) is 12.7. The van der Waals surface area contributed by atoms with Crippen LogP contribution in [0.25, 0.3) is 11.0 Å². The van der Waals surface area contributed by atoms with Crippen molar-refractivity contribution < 1.29 is 23.4 Å². The molecule has 1 unspecified atom stereocenters. The number of benzene rings is 3. The van der Waals surface area contributed by atoms with Crippen LogP contribution in [0.5, 0.6) is 17.2 Å². The van der Waals surface area contributed by atoms with E-state index in [0.29, 0.717) is 47.6 Å². The summed E-state index contributed by atoms with van der Waals surface area (Å²) in [4.78, 5) is 29.5. The minimum absolute atomic E-state index is 0.0973. The molecule has 7 nitrogen and oxygen atoms in total. The molecule has 4 aromatic rings. The van der Waals surface area contributed by atoms with E-state index in [1.807, 2.05) is 75.4 Å². The second-order valence-corrected chi connectivity index (χ2v) is 9.47.